The number of H-pyrrole nitrogens is 1. The molecule has 1 saturated heterocycles. The maximum Gasteiger partial charge on any atom is 0.326 e. The fraction of sp³-hybridized carbons (Fsp3) is 0.267. The van der Waals surface area contributed by atoms with Crippen LogP contribution >= 0.6 is 0 Å². The normalized spacial score (nSPS) is 18.1. The average Bonchev–Trinajstić information content (AvgIpc) is 2.96. The molecule has 1 aliphatic heterocycles. The number of amides is 1. The molecule has 0 saturated carbocycles. The Hall–Kier alpha value is -2.63. The summed E-state index contributed by atoms with van der Waals surface area (Å²) in [6, 6.07) is 7.34. The minimum atomic E-state index is -1.01. The summed E-state index contributed by atoms with van der Waals surface area (Å²) in [6.07, 6.45) is 1.10. The van der Waals surface area contributed by atoms with E-state index in [1.165, 1.54) is 11.0 Å². The van der Waals surface area contributed by atoms with Crippen LogP contribution < -0.4 is 5.43 Å². The molecule has 0 spiro atoms. The Bertz CT molecular complexity index is 781. The lowest BCUT2D eigenvalue weighted by atomic mass is 10.1. The van der Waals surface area contributed by atoms with Gasteiger partial charge in [0, 0.05) is 23.5 Å². The van der Waals surface area contributed by atoms with Crippen LogP contribution in [0.1, 0.15) is 23.3 Å². The van der Waals surface area contributed by atoms with Crippen LogP contribution in [0.15, 0.2) is 35.1 Å². The van der Waals surface area contributed by atoms with Gasteiger partial charge in [0.15, 0.2) is 5.43 Å². The van der Waals surface area contributed by atoms with Gasteiger partial charge in [0.1, 0.15) is 11.7 Å². The first-order valence-electron chi connectivity index (χ1n) is 6.74. The van der Waals surface area contributed by atoms with Crippen molar-refractivity contribution in [1.82, 2.24) is 9.88 Å². The first kappa shape index (κ1) is 13.4. The topological polar surface area (TPSA) is 90.5 Å². The smallest absolute Gasteiger partial charge is 0.326 e. The van der Waals surface area contributed by atoms with Crippen LogP contribution in [-0.2, 0) is 4.79 Å². The Kier molecular flexibility index (Phi) is 3.21. The van der Waals surface area contributed by atoms with Crippen molar-refractivity contribution in [3.63, 3.8) is 0 Å². The number of aliphatic carboxylic acids is 1. The number of rotatable bonds is 2. The lowest BCUT2D eigenvalue weighted by molar-refractivity contribution is -0.141. The summed E-state index contributed by atoms with van der Waals surface area (Å²) in [7, 11) is 0. The molecule has 1 aromatic heterocycles. The van der Waals surface area contributed by atoms with E-state index in [1.807, 2.05) is 0 Å². The zero-order chi connectivity index (χ0) is 15.0. The van der Waals surface area contributed by atoms with Gasteiger partial charge in [-0.2, -0.15) is 0 Å². The molecule has 1 aromatic carbocycles. The minimum Gasteiger partial charge on any atom is -0.480 e. The van der Waals surface area contributed by atoms with Crippen LogP contribution in [-0.4, -0.2) is 39.5 Å². The molecule has 6 heteroatoms. The number of nitrogens with zero attached hydrogens (tertiary/aromatic N) is 1. The van der Waals surface area contributed by atoms with Gasteiger partial charge in [-0.1, -0.05) is 12.1 Å². The highest BCUT2D eigenvalue weighted by molar-refractivity contribution is 5.97. The van der Waals surface area contributed by atoms with Gasteiger partial charge >= 0.3 is 5.97 Å². The second-order valence-corrected chi connectivity index (χ2v) is 5.09. The van der Waals surface area contributed by atoms with Gasteiger partial charge < -0.3 is 15.0 Å². The minimum absolute atomic E-state index is 0.131. The van der Waals surface area contributed by atoms with Crippen molar-refractivity contribution in [2.45, 2.75) is 18.9 Å². The molecule has 1 fully saturated rings. The molecule has 108 valence electrons. The zero-order valence-electron chi connectivity index (χ0n) is 11.2. The Morgan fingerprint density at radius 2 is 2.05 bits per heavy atom. The van der Waals surface area contributed by atoms with Crippen molar-refractivity contribution >= 4 is 22.8 Å². The Morgan fingerprint density at radius 3 is 2.81 bits per heavy atom. The van der Waals surface area contributed by atoms with Crippen LogP contribution in [0.25, 0.3) is 10.9 Å². The second kappa shape index (κ2) is 5.05. The quantitative estimate of drug-likeness (QED) is 0.868. The highest BCUT2D eigenvalue weighted by Gasteiger charge is 2.34. The molecule has 6 nitrogen and oxygen atoms in total. The van der Waals surface area contributed by atoms with Crippen molar-refractivity contribution < 1.29 is 14.7 Å². The summed E-state index contributed by atoms with van der Waals surface area (Å²) >= 11 is 0. The lowest BCUT2D eigenvalue weighted by Gasteiger charge is -2.21. The molecule has 2 N–H and O–H groups in total. The number of carboxylic acid groups (broad SMARTS) is 1. The fourth-order valence-electron chi connectivity index (χ4n) is 2.73. The molecule has 2 aromatic rings. The van der Waals surface area contributed by atoms with Crippen LogP contribution in [0.4, 0.5) is 0 Å². The summed E-state index contributed by atoms with van der Waals surface area (Å²) in [4.78, 5) is 39.9. The number of likely N-dealkylation sites (tertiary alicyclic amines) is 1. The third-order valence-corrected chi connectivity index (χ3v) is 3.77. The molecule has 1 atom stereocenters. The van der Waals surface area contributed by atoms with E-state index < -0.39 is 17.9 Å². The molecule has 1 amide bonds. The van der Waals surface area contributed by atoms with E-state index in [0.29, 0.717) is 30.3 Å². The Morgan fingerprint density at radius 1 is 1.29 bits per heavy atom. The number of carboxylic acids is 1. The van der Waals surface area contributed by atoms with Crippen molar-refractivity contribution in [2.75, 3.05) is 6.54 Å². The summed E-state index contributed by atoms with van der Waals surface area (Å²) in [6.45, 7) is 0.394. The van der Waals surface area contributed by atoms with Gasteiger partial charge in [-0.25, -0.2) is 4.79 Å². The molecule has 2 heterocycles. The van der Waals surface area contributed by atoms with Gasteiger partial charge in [0.2, 0.25) is 0 Å². The van der Waals surface area contributed by atoms with E-state index in [9.17, 15) is 14.4 Å². The first-order chi connectivity index (χ1) is 10.1. The number of nitrogens with one attached hydrogen (secondary N) is 1. The fourth-order valence-corrected chi connectivity index (χ4v) is 2.73. The second-order valence-electron chi connectivity index (χ2n) is 5.09. The zero-order valence-corrected chi connectivity index (χ0v) is 11.2. The lowest BCUT2D eigenvalue weighted by Crippen LogP contribution is -2.41. The van der Waals surface area contributed by atoms with Crippen LogP contribution in [0.3, 0.4) is 0 Å². The van der Waals surface area contributed by atoms with Gasteiger partial charge in [-0.05, 0) is 25.0 Å². The maximum atomic E-state index is 12.5. The van der Waals surface area contributed by atoms with E-state index in [4.69, 9.17) is 5.11 Å². The molecule has 1 aliphatic rings. The van der Waals surface area contributed by atoms with Gasteiger partial charge in [-0.15, -0.1) is 0 Å². The molecule has 0 radical (unpaired) electrons. The van der Waals surface area contributed by atoms with E-state index >= 15 is 0 Å². The van der Waals surface area contributed by atoms with Gasteiger partial charge in [-0.3, -0.25) is 9.59 Å². The Balaban J connectivity index is 2.02. The van der Waals surface area contributed by atoms with Gasteiger partial charge in [0.05, 0.1) is 0 Å². The molecule has 0 unspecified atom stereocenters. The van der Waals surface area contributed by atoms with Crippen molar-refractivity contribution in [1.29, 1.82) is 0 Å². The molecular formula is C15H14N2O4. The number of para-hydroxylation sites is 1. The number of pyridine rings is 1. The summed E-state index contributed by atoms with van der Waals surface area (Å²) in [5.74, 6) is -1.45. The molecule has 21 heavy (non-hydrogen) atoms. The largest absolute Gasteiger partial charge is 0.480 e. The molecule has 0 bridgehead atoms. The summed E-state index contributed by atoms with van der Waals surface area (Å²) < 4.78 is 0. The number of carbonyl (C=O) groups is 2. The highest BCUT2D eigenvalue weighted by atomic mass is 16.4. The number of hydrogen-bond acceptors (Lipinski definition) is 3. The maximum absolute atomic E-state index is 12.5. The number of aromatic nitrogens is 1. The van der Waals surface area contributed by atoms with Crippen molar-refractivity contribution in [2.24, 2.45) is 0 Å². The molecule has 3 rings (SSSR count). The predicted octanol–water partition coefficient (Wildman–Crippen LogP) is 1.22. The monoisotopic (exact) mass is 286 g/mol. The van der Waals surface area contributed by atoms with Gasteiger partial charge in [0.25, 0.3) is 5.91 Å². The Labute approximate surface area is 120 Å². The van der Waals surface area contributed by atoms with Crippen LogP contribution in [0, 0.1) is 0 Å². The van der Waals surface area contributed by atoms with E-state index in [2.05, 4.69) is 4.98 Å². The molecule has 0 aliphatic carbocycles. The summed E-state index contributed by atoms with van der Waals surface area (Å²) in [5.41, 5.74) is 0.449. The molecular weight excluding hydrogens is 272 g/mol. The third-order valence-electron chi connectivity index (χ3n) is 3.77. The van der Waals surface area contributed by atoms with Crippen molar-refractivity contribution in [3.05, 3.63) is 46.2 Å². The van der Waals surface area contributed by atoms with Crippen molar-refractivity contribution in [3.8, 4) is 0 Å². The SMILES string of the molecule is O=C(O)[C@@H]1CCCN1C(=O)c1cc(=O)c2ccccc2[nH]1. The standard InChI is InChI=1S/C15H14N2O4/c18-13-8-11(16-10-5-2-1-4-9(10)13)14(19)17-7-3-6-12(17)15(20)21/h1-2,4-5,8,12H,3,6-7H2,(H,16,18)(H,20,21)/t12-/m0/s1. The van der Waals surface area contributed by atoms with E-state index in [0.717, 1.165) is 0 Å². The van der Waals surface area contributed by atoms with E-state index in [-0.39, 0.29) is 11.1 Å². The first-order valence-corrected chi connectivity index (χ1v) is 6.74. The van der Waals surface area contributed by atoms with E-state index in [1.54, 1.807) is 24.3 Å². The highest BCUT2D eigenvalue weighted by Crippen LogP contribution is 2.20. The summed E-state index contributed by atoms with van der Waals surface area (Å²) in [5, 5.41) is 9.64. The van der Waals surface area contributed by atoms with Crippen LogP contribution in [0.2, 0.25) is 0 Å². The average molecular weight is 286 g/mol. The number of aromatic amines is 1. The predicted molar refractivity (Wildman–Crippen MR) is 76.3 cm³/mol. The third kappa shape index (κ3) is 2.29. The number of fused-ring (bicyclic) bond motifs is 1. The van der Waals surface area contributed by atoms with Crippen LogP contribution in [0.5, 0.6) is 0 Å². The number of carbonyl (C=O) groups excluding carboxylic acids is 1. The number of benzene rings is 1. The number of hydrogen-bond donors (Lipinski definition) is 2.